The molecule has 0 saturated heterocycles. The van der Waals surface area contributed by atoms with E-state index in [0.717, 1.165) is 12.2 Å². The summed E-state index contributed by atoms with van der Waals surface area (Å²) in [6.07, 6.45) is 2.01. The van der Waals surface area contributed by atoms with E-state index in [2.05, 4.69) is 10.3 Å². The molecule has 0 spiro atoms. The van der Waals surface area contributed by atoms with Crippen LogP contribution in [0.5, 0.6) is 0 Å². The van der Waals surface area contributed by atoms with Crippen LogP contribution in [0.2, 0.25) is 0 Å². The third kappa shape index (κ3) is 11.3. The van der Waals surface area contributed by atoms with Crippen LogP contribution in [0, 0.1) is 0 Å². The van der Waals surface area contributed by atoms with Gasteiger partial charge in [0.15, 0.2) is 5.96 Å². The number of amides is 1. The van der Waals surface area contributed by atoms with Gasteiger partial charge in [0.2, 0.25) is 5.91 Å². The maximum absolute atomic E-state index is 11.8. The molecule has 0 fully saturated rings. The molecule has 0 heterocycles. The molecular weight excluding hydrogens is 329 g/mol. The number of nitrogens with two attached hydrogens (primary N) is 3. The van der Waals surface area contributed by atoms with Gasteiger partial charge >= 0.3 is 13.6 Å². The van der Waals surface area contributed by atoms with Crippen molar-refractivity contribution in [3.8, 4) is 0 Å². The van der Waals surface area contributed by atoms with Gasteiger partial charge in [0.25, 0.3) is 0 Å². The zero-order chi connectivity index (χ0) is 18.0. The molecule has 0 aliphatic rings. The minimum absolute atomic E-state index is 0.0795. The summed E-state index contributed by atoms with van der Waals surface area (Å²) in [6.45, 7) is 0.286. The number of carbonyl (C=O) groups excluding carboxylic acids is 1. The Kier molecular flexibility index (Phi) is 9.11. The van der Waals surface area contributed by atoms with Crippen LogP contribution in [0.15, 0.2) is 17.1 Å². The van der Waals surface area contributed by atoms with Crippen molar-refractivity contribution in [3.63, 3.8) is 0 Å². The first-order chi connectivity index (χ1) is 10.5. The molecule has 2 unspecified atom stereocenters. The first-order valence-corrected chi connectivity index (χ1v) is 8.38. The fourth-order valence-electron chi connectivity index (χ4n) is 1.44. The normalized spacial score (nSPS) is 14.2. The van der Waals surface area contributed by atoms with Crippen LogP contribution in [-0.4, -0.2) is 57.5 Å². The van der Waals surface area contributed by atoms with E-state index in [4.69, 9.17) is 32.1 Å². The number of aliphatic carboxylic acids is 1. The highest BCUT2D eigenvalue weighted by Gasteiger charge is 2.21. The summed E-state index contributed by atoms with van der Waals surface area (Å²) in [5, 5.41) is 11.1. The van der Waals surface area contributed by atoms with E-state index in [1.54, 1.807) is 0 Å². The van der Waals surface area contributed by atoms with E-state index in [1.807, 2.05) is 0 Å². The largest absolute Gasteiger partial charge is 0.479 e. The number of carbonyl (C=O) groups is 2. The highest BCUT2D eigenvalue weighted by atomic mass is 31.2. The zero-order valence-corrected chi connectivity index (χ0v) is 13.2. The highest BCUT2D eigenvalue weighted by Crippen LogP contribution is 2.33. The Labute approximate surface area is 132 Å². The number of allylic oxidation sites excluding steroid dienone is 1. The molecule has 132 valence electrons. The second-order valence-corrected chi connectivity index (χ2v) is 6.35. The van der Waals surface area contributed by atoms with Crippen LogP contribution in [0.1, 0.15) is 12.8 Å². The van der Waals surface area contributed by atoms with Gasteiger partial charge in [-0.2, -0.15) is 0 Å². The van der Waals surface area contributed by atoms with Crippen LogP contribution in [0.3, 0.4) is 0 Å². The lowest BCUT2D eigenvalue weighted by molar-refractivity contribution is -0.140. The molecule has 0 aromatic rings. The van der Waals surface area contributed by atoms with Crippen LogP contribution in [-0.2, 0) is 14.2 Å². The molecule has 0 rings (SSSR count). The third-order valence-electron chi connectivity index (χ3n) is 2.54. The quantitative estimate of drug-likeness (QED) is 0.0737. The van der Waals surface area contributed by atoms with Gasteiger partial charge in [-0.15, -0.1) is 0 Å². The van der Waals surface area contributed by atoms with Gasteiger partial charge in [-0.05, 0) is 12.8 Å². The number of rotatable bonds is 10. The lowest BCUT2D eigenvalue weighted by atomic mass is 10.1. The van der Waals surface area contributed by atoms with E-state index in [1.165, 1.54) is 0 Å². The SMILES string of the molecule is NC(N)=NCCCC(N)C(=O)NC(/C=C\CP(=O)(O)O)C(=O)O. The Hall–Kier alpha value is -1.94. The standard InChI is InChI=1S/C11H22N5O6P/c12-7(3-1-5-15-11(13)14)9(17)16-8(10(18)19)4-2-6-23(20,21)22/h2,4,7-8H,1,3,5-6,12H2,(H,16,17)(H,18,19)(H4,13,14,15)(H2,20,21,22)/b4-2-. The molecule has 23 heavy (non-hydrogen) atoms. The number of carboxylic acid groups (broad SMARTS) is 1. The van der Waals surface area contributed by atoms with E-state index in [9.17, 15) is 14.2 Å². The molecule has 0 aromatic heterocycles. The summed E-state index contributed by atoms with van der Waals surface area (Å²) in [5.41, 5.74) is 15.9. The number of guanidine groups is 1. The molecule has 2 atom stereocenters. The van der Waals surface area contributed by atoms with Gasteiger partial charge in [0.05, 0.1) is 12.2 Å². The van der Waals surface area contributed by atoms with Crippen molar-refractivity contribution in [1.29, 1.82) is 0 Å². The van der Waals surface area contributed by atoms with E-state index in [0.29, 0.717) is 6.42 Å². The summed E-state index contributed by atoms with van der Waals surface area (Å²) < 4.78 is 10.7. The predicted octanol–water partition coefficient (Wildman–Crippen LogP) is -2.33. The van der Waals surface area contributed by atoms with Crippen molar-refractivity contribution in [1.82, 2.24) is 5.32 Å². The summed E-state index contributed by atoms with van der Waals surface area (Å²) in [4.78, 5) is 43.8. The van der Waals surface area contributed by atoms with Crippen LogP contribution < -0.4 is 22.5 Å². The number of hydrogen-bond acceptors (Lipinski definition) is 5. The molecule has 0 radical (unpaired) electrons. The number of hydrogen-bond donors (Lipinski definition) is 7. The van der Waals surface area contributed by atoms with E-state index >= 15 is 0 Å². The first kappa shape index (κ1) is 21.1. The molecule has 0 aliphatic heterocycles. The van der Waals surface area contributed by atoms with Crippen molar-refractivity contribution < 1.29 is 29.0 Å². The van der Waals surface area contributed by atoms with Crippen molar-refractivity contribution >= 4 is 25.4 Å². The average Bonchev–Trinajstić information content (AvgIpc) is 2.40. The monoisotopic (exact) mass is 351 g/mol. The topological polar surface area (TPSA) is 214 Å². The fraction of sp³-hybridized carbons (Fsp3) is 0.545. The number of carboxylic acids is 1. The van der Waals surface area contributed by atoms with E-state index in [-0.39, 0.29) is 18.9 Å². The van der Waals surface area contributed by atoms with E-state index < -0.39 is 37.7 Å². The van der Waals surface area contributed by atoms with Gasteiger partial charge in [-0.3, -0.25) is 14.4 Å². The smallest absolute Gasteiger partial charge is 0.330 e. The summed E-state index contributed by atoms with van der Waals surface area (Å²) in [5.74, 6) is -2.17. The Balaban J connectivity index is 4.46. The third-order valence-corrected chi connectivity index (χ3v) is 3.23. The van der Waals surface area contributed by atoms with Gasteiger partial charge in [0, 0.05) is 6.54 Å². The maximum atomic E-state index is 11.8. The molecule has 10 N–H and O–H groups in total. The first-order valence-electron chi connectivity index (χ1n) is 6.58. The Morgan fingerprint density at radius 2 is 1.91 bits per heavy atom. The van der Waals surface area contributed by atoms with Gasteiger partial charge < -0.3 is 37.4 Å². The van der Waals surface area contributed by atoms with Gasteiger partial charge in [0.1, 0.15) is 6.04 Å². The Morgan fingerprint density at radius 3 is 2.39 bits per heavy atom. The summed E-state index contributed by atoms with van der Waals surface area (Å²) in [7, 11) is -4.28. The lowest BCUT2D eigenvalue weighted by Crippen LogP contribution is -2.47. The number of nitrogens with zero attached hydrogens (tertiary/aromatic N) is 1. The average molecular weight is 351 g/mol. The predicted molar refractivity (Wildman–Crippen MR) is 83.5 cm³/mol. The minimum atomic E-state index is -4.28. The molecule has 11 nitrogen and oxygen atoms in total. The van der Waals surface area contributed by atoms with Crippen molar-refractivity contribution in [2.75, 3.05) is 12.7 Å². The van der Waals surface area contributed by atoms with Crippen LogP contribution >= 0.6 is 7.60 Å². The minimum Gasteiger partial charge on any atom is -0.479 e. The zero-order valence-electron chi connectivity index (χ0n) is 12.3. The number of aliphatic imine (C=N–C) groups is 1. The van der Waals surface area contributed by atoms with Crippen molar-refractivity contribution in [2.24, 2.45) is 22.2 Å². The highest BCUT2D eigenvalue weighted by molar-refractivity contribution is 7.51. The second kappa shape index (κ2) is 9.95. The maximum Gasteiger partial charge on any atom is 0.330 e. The molecule has 12 heteroatoms. The Bertz CT molecular complexity index is 513. The fourth-order valence-corrected chi connectivity index (χ4v) is 1.83. The van der Waals surface area contributed by atoms with Gasteiger partial charge in [-0.1, -0.05) is 12.2 Å². The molecular formula is C11H22N5O6P. The molecule has 0 aromatic carbocycles. The molecule has 0 saturated carbocycles. The van der Waals surface area contributed by atoms with Crippen molar-refractivity contribution in [2.45, 2.75) is 24.9 Å². The molecule has 1 amide bonds. The van der Waals surface area contributed by atoms with Gasteiger partial charge in [-0.25, -0.2) is 4.79 Å². The van der Waals surface area contributed by atoms with Crippen LogP contribution in [0.25, 0.3) is 0 Å². The molecule has 0 aliphatic carbocycles. The lowest BCUT2D eigenvalue weighted by Gasteiger charge is -2.15. The van der Waals surface area contributed by atoms with Crippen molar-refractivity contribution in [3.05, 3.63) is 12.2 Å². The van der Waals surface area contributed by atoms with Crippen LogP contribution in [0.4, 0.5) is 0 Å². The molecule has 0 bridgehead atoms. The summed E-state index contributed by atoms with van der Waals surface area (Å²) >= 11 is 0. The Morgan fingerprint density at radius 1 is 1.30 bits per heavy atom. The number of nitrogens with one attached hydrogen (secondary N) is 1. The summed E-state index contributed by atoms with van der Waals surface area (Å²) in [6, 6.07) is -2.39. The second-order valence-electron chi connectivity index (χ2n) is 4.66.